The first kappa shape index (κ1) is 24.1. The third-order valence-electron chi connectivity index (χ3n) is 5.64. The first-order valence-corrected chi connectivity index (χ1v) is 10.8. The minimum absolute atomic E-state index is 0. The highest BCUT2D eigenvalue weighted by Gasteiger charge is 2.27. The number of amides is 1. The molecule has 0 saturated carbocycles. The number of fused-ring (bicyclic) bond motifs is 1. The van der Waals surface area contributed by atoms with E-state index in [0.29, 0.717) is 12.6 Å². The van der Waals surface area contributed by atoms with E-state index in [1.807, 2.05) is 42.6 Å². The zero-order valence-corrected chi connectivity index (χ0v) is 20.9. The molecule has 2 unspecified atom stereocenters. The van der Waals surface area contributed by atoms with Crippen molar-refractivity contribution >= 4 is 41.7 Å². The predicted molar refractivity (Wildman–Crippen MR) is 137 cm³/mol. The number of halogens is 1. The van der Waals surface area contributed by atoms with Crippen LogP contribution in [0.5, 0.6) is 5.75 Å². The lowest BCUT2D eigenvalue weighted by Gasteiger charge is -2.29. The highest BCUT2D eigenvalue weighted by Crippen LogP contribution is 2.31. The van der Waals surface area contributed by atoms with Gasteiger partial charge in [0.15, 0.2) is 5.96 Å². The topological polar surface area (TPSA) is 82.1 Å². The highest BCUT2D eigenvalue weighted by molar-refractivity contribution is 14.0. The molecule has 1 aromatic heterocycles. The van der Waals surface area contributed by atoms with Crippen molar-refractivity contribution < 1.29 is 9.53 Å². The second-order valence-electron chi connectivity index (χ2n) is 8.09. The summed E-state index contributed by atoms with van der Waals surface area (Å²) in [6.45, 7) is 2.52. The molecule has 2 aliphatic rings. The second-order valence-corrected chi connectivity index (χ2v) is 8.09. The van der Waals surface area contributed by atoms with Crippen LogP contribution in [0.15, 0.2) is 53.7 Å². The number of nitrogens with zero attached hydrogens (tertiary/aromatic N) is 4. The zero-order chi connectivity index (χ0) is 21.6. The number of carbonyl (C=O) groups is 1. The lowest BCUT2D eigenvalue weighted by atomic mass is 10.0. The first-order valence-electron chi connectivity index (χ1n) is 10.8. The van der Waals surface area contributed by atoms with Gasteiger partial charge in [0, 0.05) is 51.4 Å². The molecule has 2 aromatic rings. The van der Waals surface area contributed by atoms with E-state index in [2.05, 4.69) is 31.6 Å². The number of rotatable bonds is 5. The number of para-hydroxylation sites is 1. The Hall–Kier alpha value is -2.56. The molecule has 1 aromatic carbocycles. The summed E-state index contributed by atoms with van der Waals surface area (Å²) >= 11 is 0. The fourth-order valence-electron chi connectivity index (χ4n) is 3.90. The quantitative estimate of drug-likeness (QED) is 0.338. The summed E-state index contributed by atoms with van der Waals surface area (Å²) in [4.78, 5) is 25.0. The number of likely N-dealkylation sites (N-methyl/N-ethyl adjacent to an activating group) is 1. The van der Waals surface area contributed by atoms with Gasteiger partial charge in [-0.1, -0.05) is 24.3 Å². The van der Waals surface area contributed by atoms with Gasteiger partial charge in [0.1, 0.15) is 18.1 Å². The predicted octanol–water partition coefficient (Wildman–Crippen LogP) is 2.43. The average molecular weight is 550 g/mol. The Balaban J connectivity index is 0.00000289. The number of guanidine groups is 1. The van der Waals surface area contributed by atoms with Gasteiger partial charge in [-0.25, -0.2) is 9.98 Å². The number of pyridine rings is 1. The van der Waals surface area contributed by atoms with E-state index in [1.54, 1.807) is 19.0 Å². The second kappa shape index (κ2) is 11.3. The molecule has 4 rings (SSSR count). The van der Waals surface area contributed by atoms with Gasteiger partial charge in [-0.3, -0.25) is 4.79 Å². The number of nitrogens with one attached hydrogen (secondary N) is 2. The molecule has 3 heterocycles. The standard InChI is InChI=1S/C23H30N6O2.HI/c1-28(2)22(30)15-25-23(27-19-11-14-31-20-8-4-3-7-18(19)20)26-17-10-13-29(16-17)21-9-5-6-12-24-21;/h3-9,12,17,19H,10-11,13-16H2,1-2H3,(H2,25,26,27);1H. The maximum Gasteiger partial charge on any atom is 0.243 e. The van der Waals surface area contributed by atoms with Crippen LogP contribution < -0.4 is 20.3 Å². The molecule has 32 heavy (non-hydrogen) atoms. The van der Waals surface area contributed by atoms with Gasteiger partial charge in [0.05, 0.1) is 12.6 Å². The minimum atomic E-state index is -0.0324. The number of aliphatic imine (C=N–C) groups is 1. The van der Waals surface area contributed by atoms with Crippen LogP contribution >= 0.6 is 24.0 Å². The third-order valence-corrected chi connectivity index (χ3v) is 5.64. The van der Waals surface area contributed by atoms with Gasteiger partial charge < -0.3 is 25.2 Å². The summed E-state index contributed by atoms with van der Waals surface area (Å²) in [6, 6.07) is 14.3. The van der Waals surface area contributed by atoms with Crippen molar-refractivity contribution in [2.75, 3.05) is 45.2 Å². The maximum atomic E-state index is 12.1. The molecule has 0 aliphatic carbocycles. The van der Waals surface area contributed by atoms with E-state index in [4.69, 9.17) is 4.74 Å². The summed E-state index contributed by atoms with van der Waals surface area (Å²) in [5, 5.41) is 7.09. The molecule has 0 radical (unpaired) electrons. The van der Waals surface area contributed by atoms with Gasteiger partial charge >= 0.3 is 0 Å². The normalized spacial score (nSPS) is 19.9. The number of anilines is 1. The number of aromatic nitrogens is 1. The summed E-state index contributed by atoms with van der Waals surface area (Å²) < 4.78 is 5.79. The number of benzene rings is 1. The molecule has 1 fully saturated rings. The lowest BCUT2D eigenvalue weighted by molar-refractivity contribution is -0.127. The Labute approximate surface area is 206 Å². The van der Waals surface area contributed by atoms with Gasteiger partial charge in [-0.2, -0.15) is 0 Å². The smallest absolute Gasteiger partial charge is 0.243 e. The Morgan fingerprint density at radius 2 is 2.00 bits per heavy atom. The molecule has 2 aliphatic heterocycles. The van der Waals surface area contributed by atoms with Crippen molar-refractivity contribution in [2.45, 2.75) is 24.9 Å². The molecule has 172 valence electrons. The molecule has 2 N–H and O–H groups in total. The molecule has 1 saturated heterocycles. The fraction of sp³-hybridized carbons (Fsp3) is 0.435. The van der Waals surface area contributed by atoms with Crippen LogP contribution in [-0.2, 0) is 4.79 Å². The first-order chi connectivity index (χ1) is 15.1. The van der Waals surface area contributed by atoms with E-state index in [0.717, 1.165) is 43.1 Å². The molecule has 2 atom stereocenters. The Morgan fingerprint density at radius 1 is 1.19 bits per heavy atom. The largest absolute Gasteiger partial charge is 0.493 e. The van der Waals surface area contributed by atoms with E-state index in [9.17, 15) is 4.79 Å². The number of hydrogen-bond acceptors (Lipinski definition) is 5. The van der Waals surface area contributed by atoms with Crippen molar-refractivity contribution in [3.05, 3.63) is 54.2 Å². The average Bonchev–Trinajstić information content (AvgIpc) is 3.26. The van der Waals surface area contributed by atoms with Crippen molar-refractivity contribution in [1.29, 1.82) is 0 Å². The van der Waals surface area contributed by atoms with Gasteiger partial charge in [-0.15, -0.1) is 24.0 Å². The summed E-state index contributed by atoms with van der Waals surface area (Å²) in [7, 11) is 3.49. The maximum absolute atomic E-state index is 12.1. The number of hydrogen-bond donors (Lipinski definition) is 2. The SMILES string of the molecule is CN(C)C(=O)CN=C(NC1CCN(c2ccccn2)C1)NC1CCOc2ccccc21.I. The Morgan fingerprint density at radius 3 is 2.78 bits per heavy atom. The monoisotopic (exact) mass is 550 g/mol. The summed E-state index contributed by atoms with van der Waals surface area (Å²) in [6.07, 6.45) is 3.63. The molecule has 9 heteroatoms. The van der Waals surface area contributed by atoms with Crippen molar-refractivity contribution in [3.8, 4) is 5.75 Å². The van der Waals surface area contributed by atoms with Crippen LogP contribution in [-0.4, -0.2) is 68.1 Å². The van der Waals surface area contributed by atoms with Crippen LogP contribution in [0.1, 0.15) is 24.4 Å². The van der Waals surface area contributed by atoms with Crippen molar-refractivity contribution in [2.24, 2.45) is 4.99 Å². The van der Waals surface area contributed by atoms with E-state index in [-0.39, 0.29) is 48.5 Å². The van der Waals surface area contributed by atoms with Crippen molar-refractivity contribution in [3.63, 3.8) is 0 Å². The van der Waals surface area contributed by atoms with E-state index in [1.165, 1.54) is 0 Å². The van der Waals surface area contributed by atoms with Crippen molar-refractivity contribution in [1.82, 2.24) is 20.5 Å². The molecule has 0 spiro atoms. The van der Waals surface area contributed by atoms with E-state index >= 15 is 0 Å². The van der Waals surface area contributed by atoms with E-state index < -0.39 is 0 Å². The minimum Gasteiger partial charge on any atom is -0.493 e. The third kappa shape index (κ3) is 6.02. The van der Waals surface area contributed by atoms with Crippen LogP contribution in [0.2, 0.25) is 0 Å². The van der Waals surface area contributed by atoms with Crippen LogP contribution in [0, 0.1) is 0 Å². The highest BCUT2D eigenvalue weighted by atomic mass is 127. The molecule has 8 nitrogen and oxygen atoms in total. The van der Waals surface area contributed by atoms with Gasteiger partial charge in [-0.05, 0) is 24.6 Å². The number of carbonyl (C=O) groups excluding carboxylic acids is 1. The van der Waals surface area contributed by atoms with Crippen LogP contribution in [0.3, 0.4) is 0 Å². The lowest BCUT2D eigenvalue weighted by Crippen LogP contribution is -2.47. The Kier molecular flexibility index (Phi) is 8.54. The summed E-state index contributed by atoms with van der Waals surface area (Å²) in [5.74, 6) is 2.51. The number of ether oxygens (including phenoxy) is 1. The molecule has 1 amide bonds. The Bertz CT molecular complexity index is 924. The zero-order valence-electron chi connectivity index (χ0n) is 18.5. The van der Waals surface area contributed by atoms with Gasteiger partial charge in [0.2, 0.25) is 5.91 Å². The summed E-state index contributed by atoms with van der Waals surface area (Å²) in [5.41, 5.74) is 1.11. The molecular weight excluding hydrogens is 519 g/mol. The van der Waals surface area contributed by atoms with Crippen LogP contribution in [0.4, 0.5) is 5.82 Å². The van der Waals surface area contributed by atoms with Crippen LogP contribution in [0.25, 0.3) is 0 Å². The fourth-order valence-corrected chi connectivity index (χ4v) is 3.90. The van der Waals surface area contributed by atoms with Gasteiger partial charge in [0.25, 0.3) is 0 Å². The molecular formula is C23H31IN6O2. The molecule has 0 bridgehead atoms.